The van der Waals surface area contributed by atoms with E-state index in [4.69, 9.17) is 5.73 Å². The second kappa shape index (κ2) is 3.42. The molecule has 0 heterocycles. The molecule has 2 nitrogen and oxygen atoms in total. The summed E-state index contributed by atoms with van der Waals surface area (Å²) in [6.45, 7) is 0. The summed E-state index contributed by atoms with van der Waals surface area (Å²) in [7, 11) is 0. The Bertz CT molecular complexity index is 452. The first-order valence-electron chi connectivity index (χ1n) is 4.32. The first-order chi connectivity index (χ1) is 6.77. The number of phenols is 1. The van der Waals surface area contributed by atoms with Crippen molar-refractivity contribution in [2.75, 3.05) is 5.73 Å². The monoisotopic (exact) mass is 184 g/mol. The molecule has 0 atom stereocenters. The van der Waals surface area contributed by atoms with Crippen LogP contribution in [0.2, 0.25) is 0 Å². The van der Waals surface area contributed by atoms with Gasteiger partial charge in [0.25, 0.3) is 0 Å². The lowest BCUT2D eigenvalue weighted by molar-refractivity contribution is 0.475. The third-order valence-corrected chi connectivity index (χ3v) is 2.05. The molecule has 0 aliphatic heterocycles. The predicted molar refractivity (Wildman–Crippen MR) is 56.8 cm³/mol. The van der Waals surface area contributed by atoms with Crippen LogP contribution in [0, 0.1) is 6.07 Å². The maximum atomic E-state index is 9.32. The highest BCUT2D eigenvalue weighted by molar-refractivity contribution is 5.76. The van der Waals surface area contributed by atoms with E-state index in [1.807, 2.05) is 12.1 Å². The maximum absolute atomic E-state index is 9.32. The van der Waals surface area contributed by atoms with E-state index >= 15 is 0 Å². The average Bonchev–Trinajstić information content (AvgIpc) is 2.18. The van der Waals surface area contributed by atoms with Crippen molar-refractivity contribution in [3.8, 4) is 16.9 Å². The van der Waals surface area contributed by atoms with Gasteiger partial charge in [0.2, 0.25) is 0 Å². The number of nitrogens with two attached hydrogens (primary N) is 1. The summed E-state index contributed by atoms with van der Waals surface area (Å²) in [5, 5.41) is 9.32. The van der Waals surface area contributed by atoms with Crippen LogP contribution in [0.4, 0.5) is 5.69 Å². The maximum Gasteiger partial charge on any atom is 0.116 e. The molecule has 0 aromatic heterocycles. The molecule has 2 heteroatoms. The summed E-state index contributed by atoms with van der Waals surface area (Å²) in [6, 6.07) is 15.3. The molecule has 0 saturated carbocycles. The van der Waals surface area contributed by atoms with Crippen LogP contribution < -0.4 is 5.73 Å². The molecule has 0 fully saturated rings. The standard InChI is InChI=1S/C12H10NO/c13-12-7-2-1-6-11(12)9-4-3-5-10(14)8-9/h1,3-8,14H,13H2. The van der Waals surface area contributed by atoms with Gasteiger partial charge >= 0.3 is 0 Å². The van der Waals surface area contributed by atoms with Crippen molar-refractivity contribution in [2.24, 2.45) is 0 Å². The zero-order valence-electron chi connectivity index (χ0n) is 7.57. The molecular formula is C12H10NO. The van der Waals surface area contributed by atoms with Gasteiger partial charge in [-0.15, -0.1) is 0 Å². The minimum Gasteiger partial charge on any atom is -0.508 e. The summed E-state index contributed by atoms with van der Waals surface area (Å²) in [6.07, 6.45) is 0. The Hall–Kier alpha value is -1.96. The van der Waals surface area contributed by atoms with Crippen molar-refractivity contribution in [3.63, 3.8) is 0 Å². The topological polar surface area (TPSA) is 46.2 Å². The number of anilines is 1. The normalized spacial score (nSPS) is 10.0. The minimum atomic E-state index is 0.245. The van der Waals surface area contributed by atoms with Crippen LogP contribution in [0.1, 0.15) is 0 Å². The fourth-order valence-electron chi connectivity index (χ4n) is 1.38. The molecule has 2 aromatic carbocycles. The molecule has 3 N–H and O–H groups in total. The molecule has 0 saturated heterocycles. The smallest absolute Gasteiger partial charge is 0.116 e. The Morgan fingerprint density at radius 1 is 1.21 bits per heavy atom. The molecule has 2 aromatic rings. The second-order valence-electron chi connectivity index (χ2n) is 3.06. The third-order valence-electron chi connectivity index (χ3n) is 2.05. The van der Waals surface area contributed by atoms with Gasteiger partial charge in [-0.2, -0.15) is 0 Å². The Morgan fingerprint density at radius 3 is 2.79 bits per heavy atom. The lowest BCUT2D eigenvalue weighted by Crippen LogP contribution is -1.88. The summed E-state index contributed by atoms with van der Waals surface area (Å²) in [5.74, 6) is 0.245. The van der Waals surface area contributed by atoms with Crippen LogP contribution in [0.25, 0.3) is 11.1 Å². The number of aromatic hydroxyl groups is 1. The van der Waals surface area contributed by atoms with Crippen LogP contribution >= 0.6 is 0 Å². The largest absolute Gasteiger partial charge is 0.508 e. The third kappa shape index (κ3) is 1.55. The number of hydrogen-bond donors (Lipinski definition) is 2. The Labute approximate surface area is 82.6 Å². The zero-order chi connectivity index (χ0) is 9.97. The molecule has 0 aliphatic carbocycles. The molecular weight excluding hydrogens is 174 g/mol. The zero-order valence-corrected chi connectivity index (χ0v) is 7.57. The van der Waals surface area contributed by atoms with Crippen LogP contribution in [-0.4, -0.2) is 5.11 Å². The Kier molecular flexibility index (Phi) is 2.11. The summed E-state index contributed by atoms with van der Waals surface area (Å²) in [5.41, 5.74) is 8.28. The molecule has 0 aliphatic rings. The van der Waals surface area contributed by atoms with Gasteiger partial charge in [-0.3, -0.25) is 0 Å². The number of rotatable bonds is 1. The minimum absolute atomic E-state index is 0.245. The van der Waals surface area contributed by atoms with E-state index in [0.29, 0.717) is 5.69 Å². The summed E-state index contributed by atoms with van der Waals surface area (Å²) < 4.78 is 0. The summed E-state index contributed by atoms with van der Waals surface area (Å²) in [4.78, 5) is 0. The lowest BCUT2D eigenvalue weighted by atomic mass is 10.0. The molecule has 69 valence electrons. The van der Waals surface area contributed by atoms with Crippen LogP contribution in [-0.2, 0) is 0 Å². The van der Waals surface area contributed by atoms with Crippen molar-refractivity contribution in [2.45, 2.75) is 0 Å². The molecule has 2 rings (SSSR count). The average molecular weight is 184 g/mol. The van der Waals surface area contributed by atoms with Crippen molar-refractivity contribution >= 4 is 5.69 Å². The van der Waals surface area contributed by atoms with Crippen molar-refractivity contribution in [3.05, 3.63) is 48.5 Å². The van der Waals surface area contributed by atoms with E-state index in [0.717, 1.165) is 11.1 Å². The Balaban J connectivity index is 2.55. The first-order valence-corrected chi connectivity index (χ1v) is 4.32. The van der Waals surface area contributed by atoms with Crippen LogP contribution in [0.5, 0.6) is 5.75 Å². The van der Waals surface area contributed by atoms with E-state index in [1.54, 1.807) is 30.3 Å². The fourth-order valence-corrected chi connectivity index (χ4v) is 1.38. The van der Waals surface area contributed by atoms with Crippen LogP contribution in [0.3, 0.4) is 0 Å². The number of phenolic OH excluding ortho intramolecular Hbond substituents is 1. The lowest BCUT2D eigenvalue weighted by Gasteiger charge is -2.04. The Morgan fingerprint density at radius 2 is 2.07 bits per heavy atom. The molecule has 1 radical (unpaired) electrons. The first kappa shape index (κ1) is 8.63. The molecule has 0 spiro atoms. The molecule has 0 unspecified atom stereocenters. The van der Waals surface area contributed by atoms with Gasteiger partial charge < -0.3 is 10.8 Å². The van der Waals surface area contributed by atoms with E-state index in [9.17, 15) is 5.11 Å². The fraction of sp³-hybridized carbons (Fsp3) is 0. The van der Waals surface area contributed by atoms with Crippen LogP contribution in [0.15, 0.2) is 42.5 Å². The quantitative estimate of drug-likeness (QED) is 0.668. The number of nitrogen functional groups attached to an aromatic ring is 1. The van der Waals surface area contributed by atoms with E-state index in [2.05, 4.69) is 6.07 Å². The van der Waals surface area contributed by atoms with Gasteiger partial charge in [0.15, 0.2) is 0 Å². The van der Waals surface area contributed by atoms with Crippen molar-refractivity contribution < 1.29 is 5.11 Å². The molecule has 0 bridgehead atoms. The van der Waals surface area contributed by atoms with E-state index < -0.39 is 0 Å². The van der Waals surface area contributed by atoms with Crippen molar-refractivity contribution in [1.29, 1.82) is 0 Å². The van der Waals surface area contributed by atoms with E-state index in [-0.39, 0.29) is 5.75 Å². The highest BCUT2D eigenvalue weighted by Gasteiger charge is 2.01. The second-order valence-corrected chi connectivity index (χ2v) is 3.06. The SMILES string of the molecule is Nc1c[c]ccc1-c1cccc(O)c1. The molecule has 14 heavy (non-hydrogen) atoms. The highest BCUT2D eigenvalue weighted by Crippen LogP contribution is 2.27. The van der Waals surface area contributed by atoms with Gasteiger partial charge in [0.1, 0.15) is 5.75 Å². The number of hydrogen-bond acceptors (Lipinski definition) is 2. The number of benzene rings is 2. The van der Waals surface area contributed by atoms with Gasteiger partial charge in [0.05, 0.1) is 0 Å². The van der Waals surface area contributed by atoms with Gasteiger partial charge in [-0.25, -0.2) is 0 Å². The predicted octanol–water partition coefficient (Wildman–Crippen LogP) is 2.44. The summed E-state index contributed by atoms with van der Waals surface area (Å²) >= 11 is 0. The van der Waals surface area contributed by atoms with E-state index in [1.165, 1.54) is 0 Å². The van der Waals surface area contributed by atoms with Gasteiger partial charge in [-0.1, -0.05) is 24.3 Å². The van der Waals surface area contributed by atoms with Crippen molar-refractivity contribution in [1.82, 2.24) is 0 Å². The van der Waals surface area contributed by atoms with Gasteiger partial charge in [-0.05, 0) is 29.8 Å². The molecule has 0 amide bonds. The highest BCUT2D eigenvalue weighted by atomic mass is 16.3. The van der Waals surface area contributed by atoms with Gasteiger partial charge in [0, 0.05) is 11.3 Å².